The van der Waals surface area contributed by atoms with Crippen LogP contribution in [0.3, 0.4) is 0 Å². The van der Waals surface area contributed by atoms with Gasteiger partial charge in [-0.1, -0.05) is 18.2 Å². The van der Waals surface area contributed by atoms with Gasteiger partial charge < -0.3 is 16.2 Å². The number of benzene rings is 2. The summed E-state index contributed by atoms with van der Waals surface area (Å²) in [5.41, 5.74) is 14.3. The minimum absolute atomic E-state index is 0.424. The summed E-state index contributed by atoms with van der Waals surface area (Å²) in [6, 6.07) is 13.1. The van der Waals surface area contributed by atoms with Crippen molar-refractivity contribution in [2.24, 2.45) is 11.5 Å². The van der Waals surface area contributed by atoms with Gasteiger partial charge in [0.15, 0.2) is 0 Å². The van der Waals surface area contributed by atoms with E-state index in [9.17, 15) is 4.79 Å². The lowest BCUT2D eigenvalue weighted by Crippen LogP contribution is -2.11. The van der Waals surface area contributed by atoms with E-state index in [2.05, 4.69) is 0 Å². The molecule has 4 N–H and O–H groups in total. The lowest BCUT2D eigenvalue weighted by Gasteiger charge is -2.10. The molecule has 0 radical (unpaired) electrons. The van der Waals surface area contributed by atoms with Gasteiger partial charge in [0, 0.05) is 12.1 Å². The molecule has 20 heavy (non-hydrogen) atoms. The summed E-state index contributed by atoms with van der Waals surface area (Å²) < 4.78 is 5.49. The van der Waals surface area contributed by atoms with E-state index in [1.54, 1.807) is 12.1 Å². The van der Waals surface area contributed by atoms with Gasteiger partial charge >= 0.3 is 0 Å². The Hall–Kier alpha value is -2.33. The summed E-state index contributed by atoms with van der Waals surface area (Å²) in [6.07, 6.45) is 0. The first-order valence-corrected chi connectivity index (χ1v) is 6.45. The van der Waals surface area contributed by atoms with Gasteiger partial charge in [0.05, 0.1) is 0 Å². The molecule has 2 rings (SSSR count). The van der Waals surface area contributed by atoms with Crippen LogP contribution in [0.5, 0.6) is 5.75 Å². The van der Waals surface area contributed by atoms with E-state index < -0.39 is 5.91 Å². The molecule has 0 aromatic heterocycles. The van der Waals surface area contributed by atoms with Crippen LogP contribution in [0.15, 0.2) is 42.5 Å². The second kappa shape index (κ2) is 6.21. The topological polar surface area (TPSA) is 78.3 Å². The molecule has 4 nitrogen and oxygen atoms in total. The van der Waals surface area contributed by atoms with E-state index in [0.29, 0.717) is 18.7 Å². The molecule has 2 aromatic rings. The van der Waals surface area contributed by atoms with Crippen molar-refractivity contribution < 1.29 is 9.53 Å². The normalized spacial score (nSPS) is 10.3. The first-order chi connectivity index (χ1) is 9.61. The number of amides is 1. The third-order valence-electron chi connectivity index (χ3n) is 3.04. The summed E-state index contributed by atoms with van der Waals surface area (Å²) in [6.45, 7) is 2.99. The van der Waals surface area contributed by atoms with E-state index in [-0.39, 0.29) is 0 Å². The molecule has 0 atom stereocenters. The quantitative estimate of drug-likeness (QED) is 0.873. The second-order valence-corrected chi connectivity index (χ2v) is 4.56. The van der Waals surface area contributed by atoms with Crippen LogP contribution in [0.1, 0.15) is 15.9 Å². The fourth-order valence-electron chi connectivity index (χ4n) is 2.07. The molecule has 0 saturated carbocycles. The zero-order valence-corrected chi connectivity index (χ0v) is 11.4. The lowest BCUT2D eigenvalue weighted by atomic mass is 9.98. The van der Waals surface area contributed by atoms with E-state index >= 15 is 0 Å². The van der Waals surface area contributed by atoms with Crippen molar-refractivity contribution in [3.8, 4) is 16.9 Å². The molecule has 0 spiro atoms. The minimum atomic E-state index is -0.424. The Morgan fingerprint density at radius 1 is 1.20 bits per heavy atom. The van der Waals surface area contributed by atoms with Gasteiger partial charge in [-0.15, -0.1) is 0 Å². The number of primary amides is 1. The molecule has 0 aliphatic carbocycles. The largest absolute Gasteiger partial charge is 0.492 e. The summed E-state index contributed by atoms with van der Waals surface area (Å²) in [4.78, 5) is 11.2. The summed E-state index contributed by atoms with van der Waals surface area (Å²) in [5, 5.41) is 0. The van der Waals surface area contributed by atoms with Crippen LogP contribution in [0.25, 0.3) is 11.1 Å². The molecule has 0 unspecified atom stereocenters. The van der Waals surface area contributed by atoms with Gasteiger partial charge in [-0.3, -0.25) is 4.79 Å². The smallest absolute Gasteiger partial charge is 0.248 e. The lowest BCUT2D eigenvalue weighted by molar-refractivity contribution is 0.100. The van der Waals surface area contributed by atoms with Crippen LogP contribution in [-0.2, 0) is 0 Å². The zero-order valence-electron chi connectivity index (χ0n) is 11.4. The number of ether oxygens (including phenoxy) is 1. The summed E-state index contributed by atoms with van der Waals surface area (Å²) in [5.74, 6) is 0.371. The molecule has 104 valence electrons. The zero-order chi connectivity index (χ0) is 14.5. The SMILES string of the molecule is Cc1cc(OCCN)ccc1-c1cccc(C(N)=O)c1. The van der Waals surface area contributed by atoms with Crippen molar-refractivity contribution in [1.29, 1.82) is 0 Å². The van der Waals surface area contributed by atoms with Gasteiger partial charge in [-0.25, -0.2) is 0 Å². The van der Waals surface area contributed by atoms with Crippen LogP contribution >= 0.6 is 0 Å². The number of carbonyl (C=O) groups excluding carboxylic acids is 1. The highest BCUT2D eigenvalue weighted by Gasteiger charge is 2.06. The highest BCUT2D eigenvalue weighted by atomic mass is 16.5. The minimum Gasteiger partial charge on any atom is -0.492 e. The monoisotopic (exact) mass is 270 g/mol. The van der Waals surface area contributed by atoms with Crippen molar-refractivity contribution in [1.82, 2.24) is 0 Å². The predicted molar refractivity (Wildman–Crippen MR) is 79.7 cm³/mol. The number of rotatable bonds is 5. The van der Waals surface area contributed by atoms with E-state index in [4.69, 9.17) is 16.2 Å². The molecule has 1 amide bonds. The maximum Gasteiger partial charge on any atom is 0.248 e. The molecule has 0 fully saturated rings. The average Bonchev–Trinajstić information content (AvgIpc) is 2.45. The number of aryl methyl sites for hydroxylation is 1. The van der Waals surface area contributed by atoms with Gasteiger partial charge in [-0.2, -0.15) is 0 Å². The van der Waals surface area contributed by atoms with Crippen molar-refractivity contribution in [2.45, 2.75) is 6.92 Å². The van der Waals surface area contributed by atoms with Crippen molar-refractivity contribution in [3.63, 3.8) is 0 Å². The Morgan fingerprint density at radius 3 is 2.65 bits per heavy atom. The van der Waals surface area contributed by atoms with Gasteiger partial charge in [0.2, 0.25) is 5.91 Å². The molecule has 0 bridgehead atoms. The molecule has 2 aromatic carbocycles. The molecule has 0 saturated heterocycles. The van der Waals surface area contributed by atoms with Crippen molar-refractivity contribution >= 4 is 5.91 Å². The first kappa shape index (κ1) is 14.1. The maximum absolute atomic E-state index is 11.2. The molecule has 0 aliphatic rings. The van der Waals surface area contributed by atoms with Crippen molar-refractivity contribution in [2.75, 3.05) is 13.2 Å². The highest BCUT2D eigenvalue weighted by Crippen LogP contribution is 2.27. The maximum atomic E-state index is 11.2. The Kier molecular flexibility index (Phi) is 4.38. The number of nitrogens with two attached hydrogens (primary N) is 2. The van der Waals surface area contributed by atoms with Gasteiger partial charge in [0.1, 0.15) is 12.4 Å². The summed E-state index contributed by atoms with van der Waals surface area (Å²) >= 11 is 0. The highest BCUT2D eigenvalue weighted by molar-refractivity contribution is 5.94. The van der Waals surface area contributed by atoms with Crippen LogP contribution in [-0.4, -0.2) is 19.1 Å². The Morgan fingerprint density at radius 2 is 2.00 bits per heavy atom. The van der Waals surface area contributed by atoms with E-state index in [1.807, 2.05) is 37.3 Å². The van der Waals surface area contributed by atoms with E-state index in [1.165, 1.54) is 0 Å². The fourth-order valence-corrected chi connectivity index (χ4v) is 2.07. The van der Waals surface area contributed by atoms with Gasteiger partial charge in [0.25, 0.3) is 0 Å². The summed E-state index contributed by atoms with van der Waals surface area (Å²) in [7, 11) is 0. The van der Waals surface area contributed by atoms with Crippen LogP contribution in [0.2, 0.25) is 0 Å². The molecule has 4 heteroatoms. The molecular weight excluding hydrogens is 252 g/mol. The number of hydrogen-bond acceptors (Lipinski definition) is 3. The number of carbonyl (C=O) groups is 1. The first-order valence-electron chi connectivity index (χ1n) is 6.45. The number of hydrogen-bond donors (Lipinski definition) is 2. The predicted octanol–water partition coefficient (Wildman–Crippen LogP) is 2.10. The van der Waals surface area contributed by atoms with Gasteiger partial charge in [-0.05, 0) is 47.9 Å². The van der Waals surface area contributed by atoms with Crippen LogP contribution in [0, 0.1) is 6.92 Å². The molecular formula is C16H18N2O2. The Balaban J connectivity index is 2.33. The van der Waals surface area contributed by atoms with E-state index in [0.717, 1.165) is 22.4 Å². The molecule has 0 heterocycles. The third kappa shape index (κ3) is 3.16. The fraction of sp³-hybridized carbons (Fsp3) is 0.188. The Labute approximate surface area is 118 Å². The van der Waals surface area contributed by atoms with Crippen LogP contribution < -0.4 is 16.2 Å². The van der Waals surface area contributed by atoms with Crippen LogP contribution in [0.4, 0.5) is 0 Å². The standard InChI is InChI=1S/C16H18N2O2/c1-11-9-14(20-8-7-17)5-6-15(11)12-3-2-4-13(10-12)16(18)19/h2-6,9-10H,7-8,17H2,1H3,(H2,18,19). The average molecular weight is 270 g/mol. The molecule has 0 aliphatic heterocycles. The third-order valence-corrected chi connectivity index (χ3v) is 3.04. The Bertz CT molecular complexity index is 624. The second-order valence-electron chi connectivity index (χ2n) is 4.56. The van der Waals surface area contributed by atoms with Crippen molar-refractivity contribution in [3.05, 3.63) is 53.6 Å².